The second-order valence-corrected chi connectivity index (χ2v) is 4.48. The molecule has 1 saturated heterocycles. The third-order valence-electron chi connectivity index (χ3n) is 2.98. The van der Waals surface area contributed by atoms with Crippen molar-refractivity contribution in [1.82, 2.24) is 14.9 Å². The first-order valence-electron chi connectivity index (χ1n) is 6.34. The van der Waals surface area contributed by atoms with Crippen molar-refractivity contribution in [1.29, 1.82) is 0 Å². The number of aromatic nitrogens is 2. The summed E-state index contributed by atoms with van der Waals surface area (Å²) in [6.45, 7) is 2.46. The molecule has 3 N–H and O–H groups in total. The van der Waals surface area contributed by atoms with Crippen LogP contribution in [0.2, 0.25) is 0 Å². The van der Waals surface area contributed by atoms with Gasteiger partial charge in [0.1, 0.15) is 18.1 Å². The molecule has 1 unspecified atom stereocenters. The zero-order chi connectivity index (χ0) is 14.7. The summed E-state index contributed by atoms with van der Waals surface area (Å²) in [6, 6.07) is -0.649. The number of ether oxygens (including phenoxy) is 1. The Morgan fingerprint density at radius 2 is 2.25 bits per heavy atom. The van der Waals surface area contributed by atoms with E-state index in [9.17, 15) is 9.59 Å². The van der Waals surface area contributed by atoms with Gasteiger partial charge < -0.3 is 15.8 Å². The molecule has 0 radical (unpaired) electrons. The highest BCUT2D eigenvalue weighted by molar-refractivity contribution is 6.06. The highest BCUT2D eigenvalue weighted by Crippen LogP contribution is 2.26. The average Bonchev–Trinajstić information content (AvgIpc) is 2.67. The molecule has 2 amide bonds. The molecule has 8 nitrogen and oxygen atoms in total. The Labute approximate surface area is 116 Å². The van der Waals surface area contributed by atoms with Gasteiger partial charge in [-0.25, -0.2) is 4.98 Å². The number of hydrogen-bond donors (Lipinski definition) is 2. The van der Waals surface area contributed by atoms with Crippen molar-refractivity contribution >= 4 is 23.3 Å². The van der Waals surface area contributed by atoms with Gasteiger partial charge in [-0.15, -0.1) is 0 Å². The van der Waals surface area contributed by atoms with Gasteiger partial charge in [0.15, 0.2) is 5.82 Å². The quantitative estimate of drug-likeness (QED) is 0.731. The van der Waals surface area contributed by atoms with Crippen LogP contribution in [-0.4, -0.2) is 46.4 Å². The van der Waals surface area contributed by atoms with Crippen LogP contribution >= 0.6 is 0 Å². The number of likely N-dealkylation sites (tertiary alicyclic amines) is 1. The molecule has 2 heterocycles. The molecule has 8 heteroatoms. The van der Waals surface area contributed by atoms with Gasteiger partial charge in [0.05, 0.1) is 13.0 Å². The molecule has 0 aliphatic carbocycles. The predicted octanol–water partition coefficient (Wildman–Crippen LogP) is 0.0168. The molecule has 0 saturated carbocycles. The van der Waals surface area contributed by atoms with Crippen molar-refractivity contribution in [3.63, 3.8) is 0 Å². The minimum absolute atomic E-state index is 0.0872. The molecular formula is C12H17N5O3. The fraction of sp³-hybridized carbons (Fsp3) is 0.500. The molecule has 20 heavy (non-hydrogen) atoms. The number of likely N-dealkylation sites (N-methyl/N-ethyl adjacent to an activating group) is 1. The van der Waals surface area contributed by atoms with Crippen LogP contribution in [0.25, 0.3) is 0 Å². The number of rotatable bonds is 5. The fourth-order valence-electron chi connectivity index (χ4n) is 1.84. The number of carbonyl (C=O) groups is 2. The van der Waals surface area contributed by atoms with Gasteiger partial charge in [-0.2, -0.15) is 4.98 Å². The summed E-state index contributed by atoms with van der Waals surface area (Å²) in [4.78, 5) is 32.3. The number of imide groups is 1. The van der Waals surface area contributed by atoms with E-state index in [2.05, 4.69) is 15.3 Å². The van der Waals surface area contributed by atoms with E-state index in [1.165, 1.54) is 13.4 Å². The van der Waals surface area contributed by atoms with E-state index in [0.29, 0.717) is 12.4 Å². The van der Waals surface area contributed by atoms with E-state index < -0.39 is 6.04 Å². The maximum absolute atomic E-state index is 11.8. The van der Waals surface area contributed by atoms with Crippen molar-refractivity contribution in [3.05, 3.63) is 6.33 Å². The summed E-state index contributed by atoms with van der Waals surface area (Å²) in [6.07, 6.45) is 2.21. The van der Waals surface area contributed by atoms with Gasteiger partial charge in [0.2, 0.25) is 11.8 Å². The monoisotopic (exact) mass is 279 g/mol. The lowest BCUT2D eigenvalue weighted by atomic mass is 10.2. The van der Waals surface area contributed by atoms with E-state index >= 15 is 0 Å². The van der Waals surface area contributed by atoms with E-state index in [0.717, 1.165) is 11.3 Å². The van der Waals surface area contributed by atoms with E-state index in [4.69, 9.17) is 10.5 Å². The Hall–Kier alpha value is -2.38. The first-order valence-corrected chi connectivity index (χ1v) is 6.34. The normalized spacial score (nSPS) is 18.5. The maximum Gasteiger partial charge on any atom is 0.251 e. The molecule has 2 rings (SSSR count). The zero-order valence-corrected chi connectivity index (χ0v) is 11.4. The summed E-state index contributed by atoms with van der Waals surface area (Å²) < 4.78 is 5.38. The van der Waals surface area contributed by atoms with Gasteiger partial charge in [0, 0.05) is 7.05 Å². The second kappa shape index (κ2) is 5.72. The number of hydrogen-bond acceptors (Lipinski definition) is 7. The number of nitrogens with two attached hydrogens (primary N) is 1. The van der Waals surface area contributed by atoms with Crippen LogP contribution < -0.4 is 15.8 Å². The lowest BCUT2D eigenvalue weighted by molar-refractivity contribution is -0.136. The number of amides is 2. The molecule has 0 spiro atoms. The summed E-state index contributed by atoms with van der Waals surface area (Å²) in [7, 11) is 1.45. The van der Waals surface area contributed by atoms with Crippen molar-refractivity contribution in [2.45, 2.75) is 25.8 Å². The fourth-order valence-corrected chi connectivity index (χ4v) is 1.84. The van der Waals surface area contributed by atoms with Crippen molar-refractivity contribution in [2.75, 3.05) is 24.7 Å². The Balaban J connectivity index is 2.14. The summed E-state index contributed by atoms with van der Waals surface area (Å²) in [5, 5.41) is 2.87. The van der Waals surface area contributed by atoms with Gasteiger partial charge in [-0.05, 0) is 6.42 Å². The molecular weight excluding hydrogens is 262 g/mol. The molecule has 0 aromatic carbocycles. The van der Waals surface area contributed by atoms with E-state index in [-0.39, 0.29) is 29.8 Å². The zero-order valence-electron chi connectivity index (χ0n) is 11.4. The molecule has 1 aliphatic heterocycles. The number of nitrogens with zero attached hydrogens (tertiary/aromatic N) is 3. The molecule has 1 fully saturated rings. The second-order valence-electron chi connectivity index (χ2n) is 4.48. The summed E-state index contributed by atoms with van der Waals surface area (Å²) in [5.41, 5.74) is 6.13. The van der Waals surface area contributed by atoms with Crippen LogP contribution in [-0.2, 0) is 9.59 Å². The van der Waals surface area contributed by atoms with Crippen LogP contribution in [0.15, 0.2) is 6.33 Å². The predicted molar refractivity (Wildman–Crippen MR) is 72.0 cm³/mol. The Bertz CT molecular complexity index is 534. The first kappa shape index (κ1) is 14.0. The van der Waals surface area contributed by atoms with E-state index in [1.54, 1.807) is 0 Å². The Kier molecular flexibility index (Phi) is 4.02. The van der Waals surface area contributed by atoms with Crippen LogP contribution in [0.4, 0.5) is 11.5 Å². The van der Waals surface area contributed by atoms with Crippen molar-refractivity contribution in [2.24, 2.45) is 0 Å². The van der Waals surface area contributed by atoms with Gasteiger partial charge >= 0.3 is 0 Å². The number of anilines is 2. The molecule has 1 aromatic heterocycles. The van der Waals surface area contributed by atoms with Crippen LogP contribution in [0.1, 0.15) is 19.8 Å². The van der Waals surface area contributed by atoms with E-state index in [1.807, 2.05) is 6.92 Å². The van der Waals surface area contributed by atoms with Crippen LogP contribution in [0.5, 0.6) is 5.88 Å². The lowest BCUT2D eigenvalue weighted by Crippen LogP contribution is -2.32. The van der Waals surface area contributed by atoms with Crippen LogP contribution in [0.3, 0.4) is 0 Å². The van der Waals surface area contributed by atoms with Gasteiger partial charge in [0.25, 0.3) is 5.91 Å². The summed E-state index contributed by atoms with van der Waals surface area (Å²) in [5.74, 6) is 0.0358. The smallest absolute Gasteiger partial charge is 0.251 e. The lowest BCUT2D eigenvalue weighted by Gasteiger charge is -2.14. The minimum atomic E-state index is -0.649. The first-order chi connectivity index (χ1) is 9.54. The molecule has 1 atom stereocenters. The van der Waals surface area contributed by atoms with Gasteiger partial charge in [-0.3, -0.25) is 14.5 Å². The highest BCUT2D eigenvalue weighted by atomic mass is 16.5. The molecule has 1 aliphatic rings. The van der Waals surface area contributed by atoms with Gasteiger partial charge in [-0.1, -0.05) is 6.92 Å². The Morgan fingerprint density at radius 3 is 2.85 bits per heavy atom. The molecule has 108 valence electrons. The number of nitrogen functional groups attached to an aromatic ring is 1. The largest absolute Gasteiger partial charge is 0.476 e. The van der Waals surface area contributed by atoms with Crippen LogP contribution in [0, 0.1) is 0 Å². The SMILES string of the molecule is CCCOc1ncnc(NC2CC(=O)N(C)C2=O)c1N. The number of carbonyl (C=O) groups excluding carboxylic acids is 2. The Morgan fingerprint density at radius 1 is 1.50 bits per heavy atom. The standard InChI is InChI=1S/C12H17N5O3/c1-3-4-20-11-9(13)10(14-6-15-11)16-7-5-8(18)17(2)12(7)19/h6-7H,3-5,13H2,1-2H3,(H,14,15,16). The highest BCUT2D eigenvalue weighted by Gasteiger charge is 2.36. The minimum Gasteiger partial charge on any atom is -0.476 e. The topological polar surface area (TPSA) is 110 Å². The maximum atomic E-state index is 11.8. The molecule has 0 bridgehead atoms. The number of nitrogens with one attached hydrogen (secondary N) is 1. The van der Waals surface area contributed by atoms with Crippen molar-refractivity contribution in [3.8, 4) is 5.88 Å². The average molecular weight is 279 g/mol. The summed E-state index contributed by atoms with van der Waals surface area (Å²) >= 11 is 0. The third-order valence-corrected chi connectivity index (χ3v) is 2.98. The third kappa shape index (κ3) is 2.63. The van der Waals surface area contributed by atoms with Crippen molar-refractivity contribution < 1.29 is 14.3 Å². The molecule has 1 aromatic rings.